The number of oxime groups is 1. The first-order chi connectivity index (χ1) is 8.27. The van der Waals surface area contributed by atoms with E-state index in [1.165, 1.54) is 23.6 Å². The van der Waals surface area contributed by atoms with Gasteiger partial charge in [0.15, 0.2) is 0 Å². The first kappa shape index (κ1) is 13.2. The second-order valence-electron chi connectivity index (χ2n) is 2.86. The molecule has 0 aliphatic heterocycles. The van der Waals surface area contributed by atoms with Crippen LogP contribution in [0.25, 0.3) is 0 Å². The Labute approximate surface area is 103 Å². The highest BCUT2D eigenvalue weighted by Crippen LogP contribution is 2.22. The number of rotatable bonds is 6. The molecule has 6 heteroatoms. The summed E-state index contributed by atoms with van der Waals surface area (Å²) in [6.45, 7) is 2.35. The fourth-order valence-corrected chi connectivity index (χ4v) is 1.74. The molecule has 0 amide bonds. The van der Waals surface area contributed by atoms with E-state index in [-0.39, 0.29) is 6.61 Å². The van der Waals surface area contributed by atoms with Crippen LogP contribution in [-0.4, -0.2) is 30.6 Å². The third-order valence-corrected chi connectivity index (χ3v) is 2.54. The van der Waals surface area contributed by atoms with Gasteiger partial charge in [-0.05, 0) is 24.4 Å². The van der Waals surface area contributed by atoms with Crippen LogP contribution in [-0.2, 0) is 9.53 Å². The smallest absolute Gasteiger partial charge is 0.330 e. The van der Waals surface area contributed by atoms with Gasteiger partial charge >= 0.3 is 5.97 Å². The fraction of sp³-hybridized carbons (Fsp3) is 0.273. The lowest BCUT2D eigenvalue weighted by molar-refractivity contribution is -0.137. The third kappa shape index (κ3) is 4.69. The lowest BCUT2D eigenvalue weighted by Gasteiger charge is -2.00. The van der Waals surface area contributed by atoms with Crippen LogP contribution < -0.4 is 4.74 Å². The van der Waals surface area contributed by atoms with Crippen molar-refractivity contribution < 1.29 is 19.5 Å². The average molecular weight is 255 g/mol. The summed E-state index contributed by atoms with van der Waals surface area (Å²) < 4.78 is 10.1. The fourth-order valence-electron chi connectivity index (χ4n) is 1.05. The number of thiophene rings is 1. The SMILES string of the molecule is CCOC(=O)/C=C/COc1ccsc1/C=N\O. The van der Waals surface area contributed by atoms with Crippen LogP contribution in [0.1, 0.15) is 11.8 Å². The van der Waals surface area contributed by atoms with Crippen LogP contribution in [0, 0.1) is 0 Å². The molecular formula is C11H13NO4S. The number of carbonyl (C=O) groups excluding carboxylic acids is 1. The molecule has 0 radical (unpaired) electrons. The van der Waals surface area contributed by atoms with Crippen molar-refractivity contribution in [2.24, 2.45) is 5.16 Å². The molecule has 5 nitrogen and oxygen atoms in total. The van der Waals surface area contributed by atoms with Gasteiger partial charge in [-0.25, -0.2) is 4.79 Å². The number of carbonyl (C=O) groups is 1. The van der Waals surface area contributed by atoms with E-state index < -0.39 is 5.97 Å². The van der Waals surface area contributed by atoms with E-state index in [2.05, 4.69) is 5.16 Å². The van der Waals surface area contributed by atoms with Gasteiger partial charge in [0, 0.05) is 6.08 Å². The Morgan fingerprint density at radius 1 is 1.65 bits per heavy atom. The van der Waals surface area contributed by atoms with Crippen molar-refractivity contribution in [3.05, 3.63) is 28.5 Å². The Morgan fingerprint density at radius 2 is 2.47 bits per heavy atom. The van der Waals surface area contributed by atoms with Crippen molar-refractivity contribution in [2.75, 3.05) is 13.2 Å². The summed E-state index contributed by atoms with van der Waals surface area (Å²) in [5.41, 5.74) is 0. The van der Waals surface area contributed by atoms with Crippen molar-refractivity contribution in [2.45, 2.75) is 6.92 Å². The number of nitrogens with zero attached hydrogens (tertiary/aromatic N) is 1. The van der Waals surface area contributed by atoms with Crippen molar-refractivity contribution >= 4 is 23.5 Å². The molecule has 1 heterocycles. The standard InChI is InChI=1S/C11H13NO4S/c1-2-15-11(13)4-3-6-16-9-5-7-17-10(9)8-12-14/h3-5,7-8,14H,2,6H2,1H3/b4-3+,12-8-. The van der Waals surface area contributed by atoms with Crippen molar-refractivity contribution in [3.63, 3.8) is 0 Å². The zero-order chi connectivity index (χ0) is 12.5. The normalized spacial score (nSPS) is 11.1. The number of esters is 1. The predicted molar refractivity (Wildman–Crippen MR) is 65.0 cm³/mol. The Bertz CT molecular complexity index is 411. The molecule has 92 valence electrons. The zero-order valence-electron chi connectivity index (χ0n) is 9.33. The number of ether oxygens (including phenoxy) is 2. The molecule has 0 unspecified atom stereocenters. The molecule has 0 aliphatic carbocycles. The summed E-state index contributed by atoms with van der Waals surface area (Å²) in [5, 5.41) is 13.2. The van der Waals surface area contributed by atoms with Gasteiger partial charge in [0.25, 0.3) is 0 Å². The summed E-state index contributed by atoms with van der Waals surface area (Å²) in [6.07, 6.45) is 4.18. The third-order valence-electron chi connectivity index (χ3n) is 1.71. The van der Waals surface area contributed by atoms with Crippen molar-refractivity contribution in [1.29, 1.82) is 0 Å². The first-order valence-corrected chi connectivity index (χ1v) is 5.87. The highest BCUT2D eigenvalue weighted by Gasteiger charge is 2.02. The maximum Gasteiger partial charge on any atom is 0.330 e. The molecule has 0 spiro atoms. The van der Waals surface area contributed by atoms with E-state index in [0.29, 0.717) is 12.4 Å². The predicted octanol–water partition coefficient (Wildman–Crippen LogP) is 2.05. The van der Waals surface area contributed by atoms with Crippen molar-refractivity contribution in [1.82, 2.24) is 0 Å². The molecule has 1 rings (SSSR count). The van der Waals surface area contributed by atoms with E-state index in [9.17, 15) is 4.79 Å². The maximum atomic E-state index is 11.0. The van der Waals surface area contributed by atoms with Gasteiger partial charge in [0.05, 0.1) is 17.7 Å². The Balaban J connectivity index is 2.40. The van der Waals surface area contributed by atoms with E-state index in [1.807, 2.05) is 5.38 Å². The minimum atomic E-state index is -0.390. The minimum absolute atomic E-state index is 0.252. The quantitative estimate of drug-likeness (QED) is 0.278. The number of hydrogen-bond acceptors (Lipinski definition) is 6. The molecule has 17 heavy (non-hydrogen) atoms. The topological polar surface area (TPSA) is 68.1 Å². The Kier molecular flexibility index (Phi) is 5.81. The minimum Gasteiger partial charge on any atom is -0.488 e. The van der Waals surface area contributed by atoms with Gasteiger partial charge in [-0.2, -0.15) is 0 Å². The van der Waals surface area contributed by atoms with E-state index in [4.69, 9.17) is 14.7 Å². The summed E-state index contributed by atoms with van der Waals surface area (Å²) in [6, 6.07) is 1.76. The van der Waals surface area contributed by atoms with Crippen LogP contribution in [0.3, 0.4) is 0 Å². The molecule has 0 saturated carbocycles. The monoisotopic (exact) mass is 255 g/mol. The van der Waals surface area contributed by atoms with E-state index >= 15 is 0 Å². The Morgan fingerprint density at radius 3 is 3.18 bits per heavy atom. The molecule has 0 atom stereocenters. The summed E-state index contributed by atoms with van der Waals surface area (Å²) in [4.78, 5) is 11.7. The molecule has 0 saturated heterocycles. The zero-order valence-corrected chi connectivity index (χ0v) is 10.1. The van der Waals surface area contributed by atoms with Gasteiger partial charge in [-0.1, -0.05) is 5.16 Å². The van der Waals surface area contributed by atoms with Crippen LogP contribution in [0.4, 0.5) is 0 Å². The van der Waals surface area contributed by atoms with Gasteiger partial charge in [-0.3, -0.25) is 0 Å². The Hall–Kier alpha value is -1.82. The molecule has 1 aromatic rings. The first-order valence-electron chi connectivity index (χ1n) is 4.99. The van der Waals surface area contributed by atoms with E-state index in [1.54, 1.807) is 19.1 Å². The van der Waals surface area contributed by atoms with Gasteiger partial charge < -0.3 is 14.7 Å². The number of hydrogen-bond donors (Lipinski definition) is 1. The second-order valence-corrected chi connectivity index (χ2v) is 3.81. The highest BCUT2D eigenvalue weighted by atomic mass is 32.1. The summed E-state index contributed by atoms with van der Waals surface area (Å²) in [7, 11) is 0. The summed E-state index contributed by atoms with van der Waals surface area (Å²) in [5.74, 6) is 0.222. The van der Waals surface area contributed by atoms with Gasteiger partial charge in [0.1, 0.15) is 12.4 Å². The molecule has 0 aromatic carbocycles. The van der Waals surface area contributed by atoms with Gasteiger partial charge in [-0.15, -0.1) is 11.3 Å². The largest absolute Gasteiger partial charge is 0.488 e. The van der Waals surface area contributed by atoms with Gasteiger partial charge in [0.2, 0.25) is 0 Å². The lowest BCUT2D eigenvalue weighted by atomic mass is 10.4. The van der Waals surface area contributed by atoms with Crippen molar-refractivity contribution in [3.8, 4) is 5.75 Å². The van der Waals surface area contributed by atoms with Crippen LogP contribution in [0.15, 0.2) is 28.8 Å². The van der Waals surface area contributed by atoms with Crippen LogP contribution in [0.5, 0.6) is 5.75 Å². The average Bonchev–Trinajstić information content (AvgIpc) is 2.73. The van der Waals surface area contributed by atoms with Crippen LogP contribution >= 0.6 is 11.3 Å². The summed E-state index contributed by atoms with van der Waals surface area (Å²) >= 11 is 1.40. The highest BCUT2D eigenvalue weighted by molar-refractivity contribution is 7.12. The van der Waals surface area contributed by atoms with Crippen LogP contribution in [0.2, 0.25) is 0 Å². The molecule has 0 bridgehead atoms. The molecule has 0 fully saturated rings. The molecule has 1 aromatic heterocycles. The second kappa shape index (κ2) is 7.45. The molecular weight excluding hydrogens is 242 g/mol. The maximum absolute atomic E-state index is 11.0. The molecule has 0 aliphatic rings. The lowest BCUT2D eigenvalue weighted by Crippen LogP contribution is -2.01. The molecule has 1 N–H and O–H groups in total. The van der Waals surface area contributed by atoms with E-state index in [0.717, 1.165) is 4.88 Å².